The Hall–Kier alpha value is -1.26. The van der Waals surface area contributed by atoms with Crippen LogP contribution in [0.15, 0.2) is 24.3 Å². The highest BCUT2D eigenvalue weighted by Crippen LogP contribution is 2.11. The normalized spacial score (nSPS) is 8.23. The lowest BCUT2D eigenvalue weighted by Crippen LogP contribution is -2.05. The first-order chi connectivity index (χ1) is 6.06. The van der Waals surface area contributed by atoms with Gasteiger partial charge in [-0.3, -0.25) is 10.6 Å². The molecule has 0 bridgehead atoms. The van der Waals surface area contributed by atoms with Crippen LogP contribution in [0.2, 0.25) is 5.02 Å². The van der Waals surface area contributed by atoms with Crippen LogP contribution in [-0.2, 0) is 4.79 Å². The number of hydrogen-bond donors (Lipinski definition) is 3. The molecule has 0 amide bonds. The second-order valence-electron chi connectivity index (χ2n) is 2.17. The number of hydrazine groups is 1. The van der Waals surface area contributed by atoms with E-state index in [1.807, 2.05) is 12.1 Å². The molecule has 0 unspecified atom stereocenters. The summed E-state index contributed by atoms with van der Waals surface area (Å²) < 4.78 is 0. The number of carbonyl (C=O) groups is 1. The lowest BCUT2D eigenvalue weighted by molar-refractivity contribution is -0.134. The van der Waals surface area contributed by atoms with E-state index < -0.39 is 5.97 Å². The fourth-order valence-corrected chi connectivity index (χ4v) is 0.672. The summed E-state index contributed by atoms with van der Waals surface area (Å²) in [5.74, 6) is 4.27. The Morgan fingerprint density at radius 2 is 1.85 bits per heavy atom. The van der Waals surface area contributed by atoms with E-state index in [1.54, 1.807) is 12.1 Å². The summed E-state index contributed by atoms with van der Waals surface area (Å²) >= 11 is 5.60. The van der Waals surface area contributed by atoms with Gasteiger partial charge in [-0.15, -0.1) is 0 Å². The van der Waals surface area contributed by atoms with Gasteiger partial charge in [0.05, 0.1) is 0 Å². The van der Waals surface area contributed by atoms with Crippen LogP contribution in [0.4, 0.5) is 5.69 Å². The molecule has 0 aliphatic rings. The van der Waals surface area contributed by atoms with Crippen LogP contribution >= 0.6 is 11.6 Å². The number of nitrogens with one attached hydrogen (secondary N) is 1. The van der Waals surface area contributed by atoms with Crippen molar-refractivity contribution in [2.24, 2.45) is 5.84 Å². The largest absolute Gasteiger partial charge is 0.481 e. The highest BCUT2D eigenvalue weighted by molar-refractivity contribution is 6.30. The number of anilines is 1. The molecule has 5 heteroatoms. The number of nitrogens with two attached hydrogens (primary N) is 1. The van der Waals surface area contributed by atoms with E-state index in [0.717, 1.165) is 12.6 Å². The van der Waals surface area contributed by atoms with Gasteiger partial charge in [0, 0.05) is 17.6 Å². The number of benzene rings is 1. The Morgan fingerprint density at radius 3 is 2.15 bits per heavy atom. The van der Waals surface area contributed by atoms with Crippen LogP contribution in [0.1, 0.15) is 6.92 Å². The van der Waals surface area contributed by atoms with Gasteiger partial charge in [-0.1, -0.05) is 11.6 Å². The van der Waals surface area contributed by atoms with Gasteiger partial charge in [0.15, 0.2) is 0 Å². The average molecular weight is 203 g/mol. The van der Waals surface area contributed by atoms with Gasteiger partial charge < -0.3 is 10.5 Å². The second kappa shape index (κ2) is 6.28. The van der Waals surface area contributed by atoms with E-state index in [9.17, 15) is 0 Å². The van der Waals surface area contributed by atoms with Gasteiger partial charge in [-0.05, 0) is 24.3 Å². The van der Waals surface area contributed by atoms with Crippen molar-refractivity contribution >= 4 is 23.3 Å². The molecular weight excluding hydrogens is 192 g/mol. The van der Waals surface area contributed by atoms with Crippen LogP contribution in [0.3, 0.4) is 0 Å². The third kappa shape index (κ3) is 7.11. The van der Waals surface area contributed by atoms with E-state index in [2.05, 4.69) is 5.43 Å². The zero-order chi connectivity index (χ0) is 10.3. The molecule has 72 valence electrons. The zero-order valence-corrected chi connectivity index (χ0v) is 7.88. The molecule has 1 aromatic carbocycles. The SMILES string of the molecule is CC(=O)O.NNc1ccc(Cl)cc1. The molecule has 0 atom stereocenters. The molecule has 4 nitrogen and oxygen atoms in total. The zero-order valence-electron chi connectivity index (χ0n) is 7.12. The molecule has 1 rings (SSSR count). The first-order valence-corrected chi connectivity index (χ1v) is 3.85. The fraction of sp³-hybridized carbons (Fsp3) is 0.125. The average Bonchev–Trinajstić information content (AvgIpc) is 2.05. The third-order valence-corrected chi connectivity index (χ3v) is 1.26. The minimum Gasteiger partial charge on any atom is -0.481 e. The molecule has 0 aromatic heterocycles. The molecule has 0 aliphatic heterocycles. The lowest BCUT2D eigenvalue weighted by Gasteiger charge is -1.96. The van der Waals surface area contributed by atoms with Gasteiger partial charge >= 0.3 is 0 Å². The topological polar surface area (TPSA) is 75.3 Å². The molecular formula is C8H11ClN2O2. The minimum absolute atomic E-state index is 0.717. The summed E-state index contributed by atoms with van der Waals surface area (Å²) in [4.78, 5) is 9.00. The Morgan fingerprint density at radius 1 is 1.46 bits per heavy atom. The summed E-state index contributed by atoms with van der Waals surface area (Å²) in [5, 5.41) is 8.13. The van der Waals surface area contributed by atoms with Gasteiger partial charge in [-0.2, -0.15) is 0 Å². The molecule has 0 heterocycles. The Balaban J connectivity index is 0.000000310. The van der Waals surface area contributed by atoms with Crippen LogP contribution in [0, 0.1) is 0 Å². The Kier molecular flexibility index (Phi) is 5.67. The number of nitrogen functional groups attached to an aromatic ring is 1. The molecule has 0 spiro atoms. The molecule has 0 radical (unpaired) electrons. The first kappa shape index (κ1) is 11.7. The van der Waals surface area contributed by atoms with E-state index >= 15 is 0 Å². The number of carboxylic acid groups (broad SMARTS) is 1. The number of carboxylic acids is 1. The van der Waals surface area contributed by atoms with Crippen LogP contribution in [-0.4, -0.2) is 11.1 Å². The quantitative estimate of drug-likeness (QED) is 0.479. The molecule has 1 aromatic rings. The van der Waals surface area contributed by atoms with E-state index in [1.165, 1.54) is 0 Å². The van der Waals surface area contributed by atoms with Crippen molar-refractivity contribution in [2.75, 3.05) is 5.43 Å². The highest BCUT2D eigenvalue weighted by Gasteiger charge is 1.85. The monoisotopic (exact) mass is 202 g/mol. The summed E-state index contributed by atoms with van der Waals surface area (Å²) in [6, 6.07) is 7.16. The second-order valence-corrected chi connectivity index (χ2v) is 2.61. The number of rotatable bonds is 1. The molecule has 0 fully saturated rings. The lowest BCUT2D eigenvalue weighted by atomic mass is 10.3. The van der Waals surface area contributed by atoms with Gasteiger partial charge in [0.2, 0.25) is 0 Å². The minimum atomic E-state index is -0.833. The van der Waals surface area contributed by atoms with Crippen molar-refractivity contribution in [3.63, 3.8) is 0 Å². The van der Waals surface area contributed by atoms with Crippen LogP contribution in [0.5, 0.6) is 0 Å². The summed E-state index contributed by atoms with van der Waals surface area (Å²) in [6.07, 6.45) is 0. The van der Waals surface area contributed by atoms with Crippen molar-refractivity contribution in [2.45, 2.75) is 6.92 Å². The maximum Gasteiger partial charge on any atom is 0.300 e. The van der Waals surface area contributed by atoms with Crippen LogP contribution in [0.25, 0.3) is 0 Å². The Labute approximate surface area is 81.3 Å². The molecule has 0 saturated carbocycles. The van der Waals surface area contributed by atoms with Crippen molar-refractivity contribution in [1.29, 1.82) is 0 Å². The van der Waals surface area contributed by atoms with Crippen molar-refractivity contribution in [3.05, 3.63) is 29.3 Å². The van der Waals surface area contributed by atoms with E-state index in [4.69, 9.17) is 27.3 Å². The Bertz CT molecular complexity index is 257. The number of halogens is 1. The molecule has 0 saturated heterocycles. The summed E-state index contributed by atoms with van der Waals surface area (Å²) in [5.41, 5.74) is 3.36. The standard InChI is InChI=1S/C6H7ClN2.C2H4O2/c7-5-1-3-6(9-8)4-2-5;1-2(3)4/h1-4,9H,8H2;1H3,(H,3,4). The van der Waals surface area contributed by atoms with Crippen molar-refractivity contribution < 1.29 is 9.90 Å². The number of hydrogen-bond acceptors (Lipinski definition) is 3. The summed E-state index contributed by atoms with van der Waals surface area (Å²) in [6.45, 7) is 1.08. The van der Waals surface area contributed by atoms with E-state index in [-0.39, 0.29) is 0 Å². The highest BCUT2D eigenvalue weighted by atomic mass is 35.5. The third-order valence-electron chi connectivity index (χ3n) is 1.01. The number of aliphatic carboxylic acids is 1. The summed E-state index contributed by atoms with van der Waals surface area (Å²) in [7, 11) is 0. The predicted molar refractivity (Wildman–Crippen MR) is 52.6 cm³/mol. The van der Waals surface area contributed by atoms with Crippen molar-refractivity contribution in [3.8, 4) is 0 Å². The first-order valence-electron chi connectivity index (χ1n) is 3.48. The molecule has 4 N–H and O–H groups in total. The molecule has 0 aliphatic carbocycles. The van der Waals surface area contributed by atoms with Gasteiger partial charge in [0.25, 0.3) is 5.97 Å². The smallest absolute Gasteiger partial charge is 0.300 e. The van der Waals surface area contributed by atoms with Crippen molar-refractivity contribution in [1.82, 2.24) is 0 Å². The maximum atomic E-state index is 9.00. The fourth-order valence-electron chi connectivity index (χ4n) is 0.546. The van der Waals surface area contributed by atoms with Gasteiger partial charge in [0.1, 0.15) is 0 Å². The molecule has 13 heavy (non-hydrogen) atoms. The predicted octanol–water partition coefficient (Wildman–Crippen LogP) is 1.72. The maximum absolute atomic E-state index is 9.00. The van der Waals surface area contributed by atoms with E-state index in [0.29, 0.717) is 5.02 Å². The van der Waals surface area contributed by atoms with Crippen LogP contribution < -0.4 is 11.3 Å². The van der Waals surface area contributed by atoms with Gasteiger partial charge in [-0.25, -0.2) is 0 Å².